The van der Waals surface area contributed by atoms with Crippen molar-refractivity contribution < 1.29 is 24.1 Å². The molecule has 0 aliphatic heterocycles. The summed E-state index contributed by atoms with van der Waals surface area (Å²) in [6.07, 6.45) is 9.12. The van der Waals surface area contributed by atoms with Gasteiger partial charge in [-0.15, -0.1) is 0 Å². The minimum Gasteiger partial charge on any atom is -0.469 e. The van der Waals surface area contributed by atoms with Crippen molar-refractivity contribution in [1.82, 2.24) is 14.8 Å². The maximum Gasteiger partial charge on any atom is 0.221 e. The Hall–Kier alpha value is -3.88. The molecule has 4 aliphatic rings. The number of Topliss-reactive ketones (excluding diaryl/α,β-unsaturated/α-hetero) is 1. The van der Waals surface area contributed by atoms with E-state index in [1.807, 2.05) is 48.1 Å². The molecule has 0 radical (unpaired) electrons. The van der Waals surface area contributed by atoms with Crippen LogP contribution in [-0.2, 0) is 11.2 Å². The smallest absolute Gasteiger partial charge is 0.221 e. The predicted octanol–water partition coefficient (Wildman–Crippen LogP) is 6.09. The lowest BCUT2D eigenvalue weighted by Gasteiger charge is -2.60. The molecule has 0 spiro atoms. The SMILES string of the molecule is CC12Cc3cnn(-c4ccc(F)cc4)c3C=C1CCC1C2C(O)CC2(C)C1CC[C@]2(O)C(=O)COc1nccc2ccccc12. The predicted molar refractivity (Wildman–Crippen MR) is 168 cm³/mol. The summed E-state index contributed by atoms with van der Waals surface area (Å²) in [6.45, 7) is 4.02. The van der Waals surface area contributed by atoms with Gasteiger partial charge in [0, 0.05) is 17.0 Å². The van der Waals surface area contributed by atoms with Crippen LogP contribution >= 0.6 is 0 Å². The number of rotatable bonds is 5. The van der Waals surface area contributed by atoms with Crippen molar-refractivity contribution >= 4 is 22.6 Å². The molecule has 6 unspecified atom stereocenters. The second-order valence-corrected chi connectivity index (χ2v) is 14.2. The van der Waals surface area contributed by atoms with E-state index in [-0.39, 0.29) is 41.4 Å². The number of ether oxygens (including phenoxy) is 1. The monoisotopic (exact) mass is 607 g/mol. The first-order chi connectivity index (χ1) is 21.6. The molecule has 2 aromatic carbocycles. The molecular formula is C37H38FN3O4. The van der Waals surface area contributed by atoms with Crippen LogP contribution in [0.1, 0.15) is 57.2 Å². The second kappa shape index (κ2) is 10.1. The van der Waals surface area contributed by atoms with Crippen LogP contribution in [0.25, 0.3) is 22.5 Å². The first-order valence-electron chi connectivity index (χ1n) is 16.1. The Morgan fingerprint density at radius 2 is 1.91 bits per heavy atom. The highest BCUT2D eigenvalue weighted by Gasteiger charge is 2.68. The van der Waals surface area contributed by atoms with Crippen LogP contribution in [0.4, 0.5) is 4.39 Å². The molecule has 2 aromatic heterocycles. The van der Waals surface area contributed by atoms with E-state index in [4.69, 9.17) is 4.74 Å². The van der Waals surface area contributed by atoms with Crippen molar-refractivity contribution in [2.24, 2.45) is 28.6 Å². The maximum atomic E-state index is 13.8. The minimum atomic E-state index is -1.58. The zero-order valence-electron chi connectivity index (χ0n) is 25.6. The number of pyridine rings is 1. The molecular weight excluding hydrogens is 569 g/mol. The number of aromatic nitrogens is 3. The van der Waals surface area contributed by atoms with Crippen LogP contribution in [-0.4, -0.2) is 49.1 Å². The van der Waals surface area contributed by atoms with Gasteiger partial charge in [-0.1, -0.05) is 37.6 Å². The van der Waals surface area contributed by atoms with Gasteiger partial charge in [0.2, 0.25) is 11.7 Å². The van der Waals surface area contributed by atoms with Crippen molar-refractivity contribution in [3.05, 3.63) is 89.6 Å². The quantitative estimate of drug-likeness (QED) is 0.285. The van der Waals surface area contributed by atoms with Gasteiger partial charge in [0.25, 0.3) is 0 Å². The van der Waals surface area contributed by atoms with Crippen molar-refractivity contribution in [1.29, 1.82) is 0 Å². The largest absolute Gasteiger partial charge is 0.469 e. The van der Waals surface area contributed by atoms with Gasteiger partial charge in [0.15, 0.2) is 6.61 Å². The third-order valence-electron chi connectivity index (χ3n) is 12.1. The van der Waals surface area contributed by atoms with Crippen LogP contribution in [0.5, 0.6) is 5.88 Å². The summed E-state index contributed by atoms with van der Waals surface area (Å²) in [6, 6.07) is 16.0. The number of hydrogen-bond acceptors (Lipinski definition) is 6. The molecule has 3 saturated carbocycles. The van der Waals surface area contributed by atoms with Crippen LogP contribution < -0.4 is 4.74 Å². The molecule has 4 aliphatic carbocycles. The first kappa shape index (κ1) is 28.6. The maximum absolute atomic E-state index is 13.8. The Balaban J connectivity index is 1.05. The van der Waals surface area contributed by atoms with Gasteiger partial charge in [-0.25, -0.2) is 14.1 Å². The molecule has 7 atom stereocenters. The molecule has 2 N–H and O–H groups in total. The Bertz CT molecular complexity index is 1850. The number of hydrogen-bond donors (Lipinski definition) is 2. The first-order valence-corrected chi connectivity index (χ1v) is 16.1. The van der Waals surface area contributed by atoms with E-state index in [2.05, 4.69) is 23.1 Å². The van der Waals surface area contributed by atoms with Gasteiger partial charge in [-0.2, -0.15) is 5.10 Å². The average molecular weight is 608 g/mol. The summed E-state index contributed by atoms with van der Waals surface area (Å²) in [5.41, 5.74) is 1.65. The molecule has 7 nitrogen and oxygen atoms in total. The normalized spacial score (nSPS) is 33.5. The zero-order chi connectivity index (χ0) is 31.1. The second-order valence-electron chi connectivity index (χ2n) is 14.2. The van der Waals surface area contributed by atoms with Crippen molar-refractivity contribution in [2.75, 3.05) is 6.61 Å². The molecule has 0 bridgehead atoms. The molecule has 4 aromatic rings. The van der Waals surface area contributed by atoms with E-state index < -0.39 is 17.1 Å². The van der Waals surface area contributed by atoms with E-state index in [0.29, 0.717) is 18.7 Å². The topological polar surface area (TPSA) is 97.5 Å². The van der Waals surface area contributed by atoms with Crippen molar-refractivity contribution in [2.45, 2.75) is 64.1 Å². The number of aliphatic hydroxyl groups excluding tert-OH is 1. The Labute approximate surface area is 261 Å². The van der Waals surface area contributed by atoms with Crippen LogP contribution in [0.15, 0.2) is 72.6 Å². The molecule has 8 heteroatoms. The van der Waals surface area contributed by atoms with Gasteiger partial charge >= 0.3 is 0 Å². The van der Waals surface area contributed by atoms with E-state index in [0.717, 1.165) is 53.4 Å². The van der Waals surface area contributed by atoms with Crippen LogP contribution in [0.3, 0.4) is 0 Å². The third-order valence-corrected chi connectivity index (χ3v) is 12.1. The van der Waals surface area contributed by atoms with E-state index >= 15 is 0 Å². The van der Waals surface area contributed by atoms with Crippen molar-refractivity contribution in [3.63, 3.8) is 0 Å². The fourth-order valence-electron chi connectivity index (χ4n) is 9.90. The van der Waals surface area contributed by atoms with Gasteiger partial charge in [-0.05, 0) is 115 Å². The molecule has 0 saturated heterocycles. The highest BCUT2D eigenvalue weighted by Crippen LogP contribution is 2.67. The van der Waals surface area contributed by atoms with Crippen molar-refractivity contribution in [3.8, 4) is 11.6 Å². The molecule has 45 heavy (non-hydrogen) atoms. The standard InChI is InChI=1S/C37H38FN3O4/c1-35-18-23-20-40-41(26-10-8-25(38)9-11-26)30(23)17-24(35)7-12-28-29-13-15-37(44,36(29,2)19-31(42)33(28)35)32(43)21-45-34-27-6-4-3-5-22(27)14-16-39-34/h3-6,8-11,14,16-17,20,28-29,31,33,42,44H,7,12-13,15,18-19,21H2,1-2H3/t28?,29?,31?,33?,35?,36?,37-/m0/s1. The summed E-state index contributed by atoms with van der Waals surface area (Å²) in [4.78, 5) is 18.2. The minimum absolute atomic E-state index is 0.00600. The number of carbonyl (C=O) groups is 1. The fourth-order valence-corrected chi connectivity index (χ4v) is 9.90. The lowest BCUT2D eigenvalue weighted by atomic mass is 9.45. The molecule has 2 heterocycles. The zero-order valence-corrected chi connectivity index (χ0v) is 25.6. The van der Waals surface area contributed by atoms with E-state index in [1.54, 1.807) is 18.3 Å². The Kier molecular flexibility index (Phi) is 6.39. The number of carbonyl (C=O) groups excluding carboxylic acids is 1. The number of nitrogens with zero attached hydrogens (tertiary/aromatic N) is 3. The van der Waals surface area contributed by atoms with Gasteiger partial charge in [0.05, 0.1) is 23.7 Å². The summed E-state index contributed by atoms with van der Waals surface area (Å²) < 4.78 is 21.4. The molecule has 232 valence electrons. The molecule has 0 amide bonds. The van der Waals surface area contributed by atoms with E-state index in [1.165, 1.54) is 17.7 Å². The molecule has 8 rings (SSSR count). The average Bonchev–Trinajstić information content (AvgIpc) is 3.55. The Morgan fingerprint density at radius 3 is 2.73 bits per heavy atom. The molecule has 3 fully saturated rings. The third kappa shape index (κ3) is 4.11. The number of aliphatic hydroxyl groups is 2. The Morgan fingerprint density at radius 1 is 1.11 bits per heavy atom. The highest BCUT2D eigenvalue weighted by atomic mass is 19.1. The number of halogens is 1. The highest BCUT2D eigenvalue weighted by molar-refractivity contribution is 5.91. The number of allylic oxidation sites excluding steroid dienone is 1. The lowest BCUT2D eigenvalue weighted by Crippen LogP contribution is -2.62. The summed E-state index contributed by atoms with van der Waals surface area (Å²) in [5.74, 6) is 0.0522. The van der Waals surface area contributed by atoms with Gasteiger partial charge < -0.3 is 14.9 Å². The van der Waals surface area contributed by atoms with Gasteiger partial charge in [0.1, 0.15) is 11.4 Å². The number of benzene rings is 2. The summed E-state index contributed by atoms with van der Waals surface area (Å²) in [7, 11) is 0. The summed E-state index contributed by atoms with van der Waals surface area (Å²) >= 11 is 0. The van der Waals surface area contributed by atoms with Gasteiger partial charge in [-0.3, -0.25) is 4.79 Å². The number of ketones is 1. The number of fused-ring (bicyclic) bond motifs is 7. The lowest BCUT2D eigenvalue weighted by molar-refractivity contribution is -0.180. The fraction of sp³-hybridized carbons (Fsp3) is 0.432. The van der Waals surface area contributed by atoms with E-state index in [9.17, 15) is 19.4 Å². The summed E-state index contributed by atoms with van der Waals surface area (Å²) in [5, 5.41) is 30.6. The van der Waals surface area contributed by atoms with Crippen LogP contribution in [0.2, 0.25) is 0 Å². The van der Waals surface area contributed by atoms with Crippen LogP contribution in [0, 0.1) is 34.4 Å².